The van der Waals surface area contributed by atoms with E-state index in [9.17, 15) is 14.0 Å². The zero-order chi connectivity index (χ0) is 26.9. The van der Waals surface area contributed by atoms with E-state index >= 15 is 0 Å². The van der Waals surface area contributed by atoms with Crippen molar-refractivity contribution < 1.29 is 14.0 Å². The minimum Gasteiger partial charge on any atom is -0.354 e. The second-order valence-corrected chi connectivity index (χ2v) is 12.5. The van der Waals surface area contributed by atoms with Crippen LogP contribution in [-0.4, -0.2) is 29.4 Å². The number of amides is 2. The van der Waals surface area contributed by atoms with Crippen LogP contribution in [0.2, 0.25) is 0 Å². The van der Waals surface area contributed by atoms with E-state index in [0.29, 0.717) is 18.4 Å². The van der Waals surface area contributed by atoms with Crippen molar-refractivity contribution >= 4 is 17.5 Å². The van der Waals surface area contributed by atoms with Gasteiger partial charge in [0, 0.05) is 35.5 Å². The molecule has 3 saturated carbocycles. The molecule has 7 heteroatoms. The van der Waals surface area contributed by atoms with Crippen LogP contribution in [0, 0.1) is 34.9 Å². The van der Waals surface area contributed by atoms with E-state index in [1.807, 2.05) is 12.1 Å². The van der Waals surface area contributed by atoms with E-state index in [4.69, 9.17) is 5.73 Å². The predicted molar refractivity (Wildman–Crippen MR) is 147 cm³/mol. The monoisotopic (exact) mass is 520 g/mol. The summed E-state index contributed by atoms with van der Waals surface area (Å²) < 4.78 is 13.6. The number of nitrogens with zero attached hydrogens (tertiary/aromatic N) is 1. The maximum Gasteiger partial charge on any atom is 0.237 e. The van der Waals surface area contributed by atoms with Crippen molar-refractivity contribution in [3.8, 4) is 0 Å². The SMILES string of the molecule is CC1CC2CC(CC(C)(C(=O)Nc3ccncc3)C2)C1C(N)C(=O)NCC1(c2ccc(F)cc2)CCCC1. The van der Waals surface area contributed by atoms with Crippen molar-refractivity contribution in [2.75, 3.05) is 11.9 Å². The van der Waals surface area contributed by atoms with Crippen LogP contribution >= 0.6 is 0 Å². The van der Waals surface area contributed by atoms with E-state index in [0.717, 1.165) is 62.6 Å². The zero-order valence-electron chi connectivity index (χ0n) is 22.6. The number of pyridine rings is 1. The lowest BCUT2D eigenvalue weighted by Crippen LogP contribution is -2.56. The first-order valence-electron chi connectivity index (χ1n) is 14.2. The summed E-state index contributed by atoms with van der Waals surface area (Å²) >= 11 is 0. The van der Waals surface area contributed by atoms with Gasteiger partial charge in [-0.25, -0.2) is 4.39 Å². The Bertz CT molecular complexity index is 1130. The lowest BCUT2D eigenvalue weighted by molar-refractivity contribution is -0.133. The van der Waals surface area contributed by atoms with E-state index in [1.165, 1.54) is 12.1 Å². The number of anilines is 1. The molecule has 6 unspecified atom stereocenters. The largest absolute Gasteiger partial charge is 0.354 e. The van der Waals surface area contributed by atoms with E-state index in [2.05, 4.69) is 29.5 Å². The van der Waals surface area contributed by atoms with Gasteiger partial charge in [0.1, 0.15) is 5.82 Å². The Hall–Kier alpha value is -2.80. The van der Waals surface area contributed by atoms with Gasteiger partial charge in [0.2, 0.25) is 11.8 Å². The summed E-state index contributed by atoms with van der Waals surface area (Å²) in [5.74, 6) is 0.725. The maximum absolute atomic E-state index is 13.6. The number of carbonyl (C=O) groups is 2. The Labute approximate surface area is 225 Å². The second kappa shape index (κ2) is 10.8. The number of benzene rings is 1. The lowest BCUT2D eigenvalue weighted by atomic mass is 9.54. The summed E-state index contributed by atoms with van der Waals surface area (Å²) in [6.07, 6.45) is 11.1. The van der Waals surface area contributed by atoms with Crippen LogP contribution in [0.4, 0.5) is 10.1 Å². The number of aromatic nitrogens is 1. The molecule has 2 bridgehead atoms. The van der Waals surface area contributed by atoms with Gasteiger partial charge in [0.05, 0.1) is 6.04 Å². The summed E-state index contributed by atoms with van der Waals surface area (Å²) in [6, 6.07) is 9.72. The van der Waals surface area contributed by atoms with Gasteiger partial charge >= 0.3 is 0 Å². The minimum atomic E-state index is -0.617. The molecule has 2 amide bonds. The Morgan fingerprint density at radius 2 is 1.76 bits per heavy atom. The topological polar surface area (TPSA) is 97.1 Å². The lowest BCUT2D eigenvalue weighted by Gasteiger charge is -2.51. The molecule has 6 atom stereocenters. The molecule has 0 saturated heterocycles. The Balaban J connectivity index is 1.26. The molecule has 1 aromatic heterocycles. The summed E-state index contributed by atoms with van der Waals surface area (Å²) in [7, 11) is 0. The first kappa shape index (κ1) is 26.8. The minimum absolute atomic E-state index is 0.0324. The first-order valence-corrected chi connectivity index (χ1v) is 14.2. The quantitative estimate of drug-likeness (QED) is 0.468. The third-order valence-electron chi connectivity index (χ3n) is 9.82. The van der Waals surface area contributed by atoms with Crippen molar-refractivity contribution in [2.24, 2.45) is 34.8 Å². The van der Waals surface area contributed by atoms with Gasteiger partial charge in [-0.2, -0.15) is 0 Å². The van der Waals surface area contributed by atoms with Gasteiger partial charge in [-0.1, -0.05) is 38.8 Å². The normalized spacial score (nSPS) is 30.8. The smallest absolute Gasteiger partial charge is 0.237 e. The number of halogens is 1. The van der Waals surface area contributed by atoms with Crippen molar-refractivity contribution in [3.05, 3.63) is 60.2 Å². The molecule has 6 nitrogen and oxygen atoms in total. The molecule has 3 aliphatic rings. The number of rotatable bonds is 7. The maximum atomic E-state index is 13.6. The van der Waals surface area contributed by atoms with Crippen molar-refractivity contribution in [1.29, 1.82) is 0 Å². The molecular formula is C31H41FN4O2. The molecule has 1 heterocycles. The van der Waals surface area contributed by atoms with Crippen molar-refractivity contribution in [3.63, 3.8) is 0 Å². The number of fused-ring (bicyclic) bond motifs is 2. The van der Waals surface area contributed by atoms with E-state index in [-0.39, 0.29) is 34.9 Å². The van der Waals surface area contributed by atoms with Crippen LogP contribution in [-0.2, 0) is 15.0 Å². The molecule has 4 N–H and O–H groups in total. The predicted octanol–water partition coefficient (Wildman–Crippen LogP) is 5.19. The van der Waals surface area contributed by atoms with Crippen LogP contribution in [0.15, 0.2) is 48.8 Å². The van der Waals surface area contributed by atoms with Crippen molar-refractivity contribution in [1.82, 2.24) is 10.3 Å². The molecule has 38 heavy (non-hydrogen) atoms. The Morgan fingerprint density at radius 3 is 2.45 bits per heavy atom. The highest BCUT2D eigenvalue weighted by Crippen LogP contribution is 2.53. The van der Waals surface area contributed by atoms with Gasteiger partial charge in [-0.05, 0) is 92.0 Å². The standard InChI is InChI=1S/C31H41FN4O2/c1-20-15-21-16-22(18-30(2,17-21)29(38)36-25-9-13-34-14-10-25)26(20)27(33)28(37)35-19-31(11-3-4-12-31)23-5-7-24(32)8-6-23/h5-10,13-14,20-22,26-27H,3-4,11-12,15-19,33H2,1-2H3,(H,35,37)(H,34,36,38). The molecule has 3 fully saturated rings. The molecule has 3 aliphatic carbocycles. The first-order chi connectivity index (χ1) is 18.2. The van der Waals surface area contributed by atoms with Crippen LogP contribution < -0.4 is 16.4 Å². The second-order valence-electron chi connectivity index (χ2n) is 12.5. The van der Waals surface area contributed by atoms with Crippen LogP contribution in [0.3, 0.4) is 0 Å². The highest BCUT2D eigenvalue weighted by atomic mass is 19.1. The molecule has 0 spiro atoms. The van der Waals surface area contributed by atoms with Gasteiger partial charge in [-0.15, -0.1) is 0 Å². The summed E-state index contributed by atoms with van der Waals surface area (Å²) in [4.78, 5) is 30.9. The van der Waals surface area contributed by atoms with Gasteiger partial charge in [-0.3, -0.25) is 14.6 Å². The molecule has 1 aromatic carbocycles. The van der Waals surface area contributed by atoms with Crippen LogP contribution in [0.25, 0.3) is 0 Å². The fourth-order valence-electron chi connectivity index (χ4n) is 8.04. The summed E-state index contributed by atoms with van der Waals surface area (Å²) in [5, 5.41) is 6.28. The highest BCUT2D eigenvalue weighted by molar-refractivity contribution is 5.95. The van der Waals surface area contributed by atoms with Gasteiger partial charge < -0.3 is 16.4 Å². The zero-order valence-corrected chi connectivity index (χ0v) is 22.6. The third kappa shape index (κ3) is 5.35. The molecule has 0 radical (unpaired) electrons. The third-order valence-corrected chi connectivity index (χ3v) is 9.82. The summed E-state index contributed by atoms with van der Waals surface area (Å²) in [6.45, 7) is 4.80. The van der Waals surface area contributed by atoms with E-state index in [1.54, 1.807) is 24.5 Å². The molecule has 204 valence electrons. The number of hydrogen-bond acceptors (Lipinski definition) is 4. The Morgan fingerprint density at radius 1 is 1.08 bits per heavy atom. The fourth-order valence-corrected chi connectivity index (χ4v) is 8.04. The van der Waals surface area contributed by atoms with Gasteiger partial charge in [0.25, 0.3) is 0 Å². The molecule has 2 aromatic rings. The molecule has 5 rings (SSSR count). The average Bonchev–Trinajstić information content (AvgIpc) is 3.37. The van der Waals surface area contributed by atoms with Crippen LogP contribution in [0.1, 0.15) is 70.8 Å². The number of carbonyl (C=O) groups excluding carboxylic acids is 2. The Kier molecular flexibility index (Phi) is 7.58. The number of nitrogens with one attached hydrogen (secondary N) is 2. The fraction of sp³-hybridized carbons (Fsp3) is 0.581. The molecular weight excluding hydrogens is 479 g/mol. The summed E-state index contributed by atoms with van der Waals surface area (Å²) in [5.41, 5.74) is 7.90. The number of hydrogen-bond donors (Lipinski definition) is 3. The van der Waals surface area contributed by atoms with Gasteiger partial charge in [0.15, 0.2) is 0 Å². The van der Waals surface area contributed by atoms with E-state index < -0.39 is 11.5 Å². The average molecular weight is 521 g/mol. The highest BCUT2D eigenvalue weighted by Gasteiger charge is 2.51. The van der Waals surface area contributed by atoms with Crippen LogP contribution in [0.5, 0.6) is 0 Å². The van der Waals surface area contributed by atoms with Crippen molar-refractivity contribution in [2.45, 2.75) is 76.7 Å². The number of nitrogens with two attached hydrogens (primary N) is 1. The molecule has 0 aliphatic heterocycles.